The molecule has 80 valence electrons. The summed E-state index contributed by atoms with van der Waals surface area (Å²) >= 11 is 1.48. The number of aromatic amines is 1. The quantitative estimate of drug-likeness (QED) is 0.554. The molecule has 0 atom stereocenters. The molecule has 0 aliphatic carbocycles. The van der Waals surface area contributed by atoms with E-state index in [4.69, 9.17) is 0 Å². The van der Waals surface area contributed by atoms with Crippen molar-refractivity contribution in [3.05, 3.63) is 12.4 Å². The van der Waals surface area contributed by atoms with Gasteiger partial charge in [-0.2, -0.15) is 0 Å². The molecule has 5 nitrogen and oxygen atoms in total. The van der Waals surface area contributed by atoms with Gasteiger partial charge in [-0.25, -0.2) is 18.1 Å². The van der Waals surface area contributed by atoms with Crippen molar-refractivity contribution in [1.29, 1.82) is 0 Å². The van der Waals surface area contributed by atoms with Crippen molar-refractivity contribution in [3.8, 4) is 0 Å². The van der Waals surface area contributed by atoms with E-state index in [1.807, 2.05) is 0 Å². The maximum Gasteiger partial charge on any atom is 0.211 e. The summed E-state index contributed by atoms with van der Waals surface area (Å²) < 4.78 is 24.5. The summed E-state index contributed by atoms with van der Waals surface area (Å²) in [5.41, 5.74) is 0. The van der Waals surface area contributed by atoms with Gasteiger partial charge in [0.15, 0.2) is 5.16 Å². The lowest BCUT2D eigenvalue weighted by Gasteiger charge is -2.02. The van der Waals surface area contributed by atoms with Crippen LogP contribution in [0, 0.1) is 0 Å². The van der Waals surface area contributed by atoms with Crippen LogP contribution in [0.1, 0.15) is 6.92 Å². The van der Waals surface area contributed by atoms with Crippen LogP contribution in [0.2, 0.25) is 0 Å². The second kappa shape index (κ2) is 5.38. The van der Waals surface area contributed by atoms with Gasteiger partial charge in [-0.3, -0.25) is 0 Å². The van der Waals surface area contributed by atoms with Crippen LogP contribution in [0.4, 0.5) is 0 Å². The Morgan fingerprint density at radius 1 is 1.64 bits per heavy atom. The third-order valence-electron chi connectivity index (χ3n) is 1.52. The molecule has 1 aromatic heterocycles. The van der Waals surface area contributed by atoms with Crippen molar-refractivity contribution in [1.82, 2.24) is 14.7 Å². The summed E-state index contributed by atoms with van der Waals surface area (Å²) in [5.74, 6) is 0.797. The molecule has 1 rings (SSSR count). The number of nitrogens with zero attached hydrogens (tertiary/aromatic N) is 1. The number of imidazole rings is 1. The minimum absolute atomic E-state index is 0.123. The minimum Gasteiger partial charge on any atom is -0.340 e. The molecule has 7 heteroatoms. The van der Waals surface area contributed by atoms with Gasteiger partial charge < -0.3 is 4.98 Å². The number of thioether (sulfide) groups is 1. The Morgan fingerprint density at radius 2 is 2.43 bits per heavy atom. The molecule has 0 bridgehead atoms. The molecule has 0 amide bonds. The van der Waals surface area contributed by atoms with E-state index < -0.39 is 10.0 Å². The lowest BCUT2D eigenvalue weighted by atomic mass is 10.8. The Hall–Kier alpha value is -0.530. The number of hydrogen-bond donors (Lipinski definition) is 2. The third-order valence-corrected chi connectivity index (χ3v) is 3.82. The highest BCUT2D eigenvalue weighted by atomic mass is 32.2. The molecule has 14 heavy (non-hydrogen) atoms. The molecular weight excluding hydrogens is 222 g/mol. The standard InChI is InChI=1S/C7H13N3O2S2/c1-2-14(11,12)10-5-6-13-7-8-3-4-9-7/h3-4,10H,2,5-6H2,1H3,(H,8,9). The van der Waals surface area contributed by atoms with Gasteiger partial charge in [0.2, 0.25) is 10.0 Å². The van der Waals surface area contributed by atoms with E-state index in [0.29, 0.717) is 12.3 Å². The van der Waals surface area contributed by atoms with Crippen LogP contribution in [0.3, 0.4) is 0 Å². The van der Waals surface area contributed by atoms with Crippen molar-refractivity contribution >= 4 is 21.8 Å². The lowest BCUT2D eigenvalue weighted by molar-refractivity contribution is 0.585. The van der Waals surface area contributed by atoms with Crippen LogP contribution < -0.4 is 4.72 Å². The number of aromatic nitrogens is 2. The topological polar surface area (TPSA) is 74.8 Å². The summed E-state index contributed by atoms with van der Waals surface area (Å²) in [6, 6.07) is 0. The van der Waals surface area contributed by atoms with E-state index in [9.17, 15) is 8.42 Å². The Bertz CT molecular complexity index is 347. The molecule has 0 saturated heterocycles. The molecular formula is C7H13N3O2S2. The van der Waals surface area contributed by atoms with E-state index in [1.165, 1.54) is 11.8 Å². The molecule has 0 fully saturated rings. The molecule has 2 N–H and O–H groups in total. The zero-order valence-electron chi connectivity index (χ0n) is 7.86. The number of rotatable bonds is 6. The summed E-state index contributed by atoms with van der Waals surface area (Å²) in [4.78, 5) is 6.92. The fraction of sp³-hybridized carbons (Fsp3) is 0.571. The Kier molecular flexibility index (Phi) is 4.43. The van der Waals surface area contributed by atoms with Crippen molar-refractivity contribution in [2.45, 2.75) is 12.1 Å². The second-order valence-corrected chi connectivity index (χ2v) is 5.72. The first-order valence-electron chi connectivity index (χ1n) is 4.23. The molecule has 0 spiro atoms. The Labute approximate surface area is 87.8 Å². The Balaban J connectivity index is 2.17. The highest BCUT2D eigenvalue weighted by Gasteiger charge is 2.04. The first kappa shape index (κ1) is 11.5. The monoisotopic (exact) mass is 235 g/mol. The minimum atomic E-state index is -3.05. The van der Waals surface area contributed by atoms with Gasteiger partial charge >= 0.3 is 0 Å². The predicted molar refractivity (Wildman–Crippen MR) is 56.8 cm³/mol. The number of H-pyrrole nitrogens is 1. The number of hydrogen-bond acceptors (Lipinski definition) is 4. The van der Waals surface area contributed by atoms with Crippen molar-refractivity contribution in [2.75, 3.05) is 18.1 Å². The average Bonchev–Trinajstić information content (AvgIpc) is 2.65. The van der Waals surface area contributed by atoms with Gasteiger partial charge in [0.1, 0.15) is 0 Å². The maximum atomic E-state index is 11.0. The summed E-state index contributed by atoms with van der Waals surface area (Å²) in [6.07, 6.45) is 3.40. The van der Waals surface area contributed by atoms with E-state index in [2.05, 4.69) is 14.7 Å². The summed E-state index contributed by atoms with van der Waals surface area (Å²) in [7, 11) is -3.05. The molecule has 0 aliphatic rings. The van der Waals surface area contributed by atoms with Gasteiger partial charge in [0.05, 0.1) is 5.75 Å². The molecule has 0 aromatic carbocycles. The average molecular weight is 235 g/mol. The van der Waals surface area contributed by atoms with Crippen molar-refractivity contribution in [2.24, 2.45) is 0 Å². The van der Waals surface area contributed by atoms with Crippen LogP contribution in [0.15, 0.2) is 17.6 Å². The van der Waals surface area contributed by atoms with Crippen molar-refractivity contribution < 1.29 is 8.42 Å². The summed E-state index contributed by atoms with van der Waals surface area (Å²) in [6.45, 7) is 2.05. The molecule has 1 aromatic rings. The maximum absolute atomic E-state index is 11.0. The highest BCUT2D eigenvalue weighted by molar-refractivity contribution is 7.99. The van der Waals surface area contributed by atoms with Crippen LogP contribution in [0.5, 0.6) is 0 Å². The van der Waals surface area contributed by atoms with E-state index in [0.717, 1.165) is 5.16 Å². The zero-order valence-corrected chi connectivity index (χ0v) is 9.49. The highest BCUT2D eigenvalue weighted by Crippen LogP contribution is 2.09. The van der Waals surface area contributed by atoms with Gasteiger partial charge in [-0.05, 0) is 6.92 Å². The smallest absolute Gasteiger partial charge is 0.211 e. The fourth-order valence-corrected chi connectivity index (χ4v) is 2.21. The third kappa shape index (κ3) is 4.12. The summed E-state index contributed by atoms with van der Waals surface area (Å²) in [5, 5.41) is 0.806. The molecule has 0 saturated carbocycles. The predicted octanol–water partition coefficient (Wildman–Crippen LogP) is 0.441. The van der Waals surface area contributed by atoms with Crippen LogP contribution in [-0.4, -0.2) is 36.4 Å². The van der Waals surface area contributed by atoms with Crippen LogP contribution >= 0.6 is 11.8 Å². The van der Waals surface area contributed by atoms with Crippen molar-refractivity contribution in [3.63, 3.8) is 0 Å². The van der Waals surface area contributed by atoms with Crippen LogP contribution in [0.25, 0.3) is 0 Å². The Morgan fingerprint density at radius 3 is 3.00 bits per heavy atom. The van der Waals surface area contributed by atoms with E-state index >= 15 is 0 Å². The molecule has 0 unspecified atom stereocenters. The fourth-order valence-electron chi connectivity index (χ4n) is 0.777. The lowest BCUT2D eigenvalue weighted by Crippen LogP contribution is -2.27. The van der Waals surface area contributed by atoms with E-state index in [1.54, 1.807) is 19.3 Å². The number of sulfonamides is 1. The van der Waals surface area contributed by atoms with Gasteiger partial charge in [-0.1, -0.05) is 11.8 Å². The molecule has 0 aliphatic heterocycles. The van der Waals surface area contributed by atoms with Gasteiger partial charge in [0.25, 0.3) is 0 Å². The van der Waals surface area contributed by atoms with E-state index in [-0.39, 0.29) is 5.75 Å². The zero-order chi connectivity index (χ0) is 10.4. The molecule has 1 heterocycles. The largest absolute Gasteiger partial charge is 0.340 e. The normalized spacial score (nSPS) is 11.8. The van der Waals surface area contributed by atoms with Gasteiger partial charge in [0, 0.05) is 24.7 Å². The molecule has 0 radical (unpaired) electrons. The van der Waals surface area contributed by atoms with Gasteiger partial charge in [-0.15, -0.1) is 0 Å². The second-order valence-electron chi connectivity index (χ2n) is 2.54. The number of nitrogens with one attached hydrogen (secondary N) is 2. The first-order valence-corrected chi connectivity index (χ1v) is 6.87. The first-order chi connectivity index (χ1) is 6.64. The van der Waals surface area contributed by atoms with Crippen LogP contribution in [-0.2, 0) is 10.0 Å². The SMILES string of the molecule is CCS(=O)(=O)NCCSc1ncc[nH]1.